The summed E-state index contributed by atoms with van der Waals surface area (Å²) in [6, 6.07) is 5.25. The van der Waals surface area contributed by atoms with Gasteiger partial charge in [0.15, 0.2) is 0 Å². The molecule has 6 heteroatoms. The van der Waals surface area contributed by atoms with Gasteiger partial charge in [-0.1, -0.05) is 12.1 Å². The lowest BCUT2D eigenvalue weighted by atomic mass is 9.75. The highest BCUT2D eigenvalue weighted by Crippen LogP contribution is 2.37. The van der Waals surface area contributed by atoms with E-state index in [-0.39, 0.29) is 0 Å². The Kier molecular flexibility index (Phi) is 4.28. The van der Waals surface area contributed by atoms with Crippen LogP contribution in [0.4, 0.5) is 5.69 Å². The molecule has 0 radical (unpaired) electrons. The number of anilines is 1. The zero-order valence-corrected chi connectivity index (χ0v) is 15.0. The quantitative estimate of drug-likeness (QED) is 0.515. The van der Waals surface area contributed by atoms with Crippen molar-refractivity contribution < 1.29 is 18.8 Å². The second-order valence-corrected chi connectivity index (χ2v) is 7.90. The molecule has 0 aromatic heterocycles. The van der Waals surface area contributed by atoms with Gasteiger partial charge in [-0.3, -0.25) is 0 Å². The van der Waals surface area contributed by atoms with Crippen LogP contribution < -0.4 is 11.2 Å². The monoisotopic (exact) mass is 319 g/mol. The molecule has 5 nitrogen and oxygen atoms in total. The van der Waals surface area contributed by atoms with E-state index in [2.05, 4.69) is 0 Å². The van der Waals surface area contributed by atoms with E-state index in [9.17, 15) is 4.79 Å². The summed E-state index contributed by atoms with van der Waals surface area (Å²) in [7, 11) is -0.661. The summed E-state index contributed by atoms with van der Waals surface area (Å²) in [5, 5.41) is 0. The molecular weight excluding hydrogens is 293 g/mol. The molecule has 23 heavy (non-hydrogen) atoms. The second-order valence-electron chi connectivity index (χ2n) is 7.90. The molecule has 1 saturated heterocycles. The molecule has 0 bridgehead atoms. The number of nitrogens with two attached hydrogens (primary N) is 1. The van der Waals surface area contributed by atoms with Gasteiger partial charge < -0.3 is 19.8 Å². The van der Waals surface area contributed by atoms with Crippen molar-refractivity contribution in [2.75, 3.05) is 5.73 Å². The Balaban J connectivity index is 2.42. The molecule has 1 fully saturated rings. The number of rotatable bonds is 2. The van der Waals surface area contributed by atoms with E-state index in [1.807, 2.05) is 48.5 Å². The van der Waals surface area contributed by atoms with Crippen LogP contribution in [0.2, 0.25) is 0 Å². The van der Waals surface area contributed by atoms with Crippen molar-refractivity contribution in [1.29, 1.82) is 0 Å². The molecule has 0 aliphatic carbocycles. The van der Waals surface area contributed by atoms with Crippen LogP contribution >= 0.6 is 0 Å². The van der Waals surface area contributed by atoms with Crippen molar-refractivity contribution in [3.63, 3.8) is 0 Å². The SMILES string of the molecule is CC(C)(C)OC(=O)c1c(N)cccc1B1OC(C)(C)C(C)(C)O1. The Hall–Kier alpha value is -1.53. The van der Waals surface area contributed by atoms with Gasteiger partial charge in [-0.15, -0.1) is 0 Å². The van der Waals surface area contributed by atoms with Crippen molar-refractivity contribution in [3.05, 3.63) is 23.8 Å². The molecule has 1 aliphatic heterocycles. The first kappa shape index (κ1) is 17.8. The van der Waals surface area contributed by atoms with Crippen molar-refractivity contribution in [2.24, 2.45) is 0 Å². The Morgan fingerprint density at radius 2 is 1.65 bits per heavy atom. The van der Waals surface area contributed by atoms with Gasteiger partial charge in [-0.2, -0.15) is 0 Å². The molecule has 0 atom stereocenters. The van der Waals surface area contributed by atoms with Crippen molar-refractivity contribution in [2.45, 2.75) is 65.3 Å². The van der Waals surface area contributed by atoms with Gasteiger partial charge in [0.2, 0.25) is 0 Å². The fourth-order valence-electron chi connectivity index (χ4n) is 2.32. The minimum absolute atomic E-state index is 0.306. The summed E-state index contributed by atoms with van der Waals surface area (Å²) in [5.74, 6) is -0.472. The zero-order valence-electron chi connectivity index (χ0n) is 15.0. The average molecular weight is 319 g/mol. The molecule has 126 valence electrons. The number of hydrogen-bond acceptors (Lipinski definition) is 5. The average Bonchev–Trinajstić information content (AvgIpc) is 2.55. The van der Waals surface area contributed by atoms with E-state index in [1.165, 1.54) is 0 Å². The van der Waals surface area contributed by atoms with E-state index in [1.54, 1.807) is 18.2 Å². The number of ether oxygens (including phenoxy) is 1. The van der Waals surface area contributed by atoms with Gasteiger partial charge in [0.25, 0.3) is 0 Å². The fraction of sp³-hybridized carbons (Fsp3) is 0.588. The van der Waals surface area contributed by atoms with Crippen molar-refractivity contribution in [1.82, 2.24) is 0 Å². The van der Waals surface area contributed by atoms with Gasteiger partial charge in [0.05, 0.1) is 16.8 Å². The maximum absolute atomic E-state index is 12.6. The highest BCUT2D eigenvalue weighted by atomic mass is 16.7. The van der Waals surface area contributed by atoms with E-state index < -0.39 is 29.9 Å². The zero-order chi connectivity index (χ0) is 17.6. The maximum atomic E-state index is 12.6. The molecule has 0 saturated carbocycles. The van der Waals surface area contributed by atoms with E-state index >= 15 is 0 Å². The Labute approximate surface area is 138 Å². The van der Waals surface area contributed by atoms with Gasteiger partial charge in [0.1, 0.15) is 5.60 Å². The van der Waals surface area contributed by atoms with E-state index in [4.69, 9.17) is 19.8 Å². The highest BCUT2D eigenvalue weighted by molar-refractivity contribution is 6.64. The normalized spacial score (nSPS) is 19.7. The Morgan fingerprint density at radius 1 is 1.13 bits per heavy atom. The van der Waals surface area contributed by atoms with Crippen LogP contribution in [0.3, 0.4) is 0 Å². The molecule has 2 N–H and O–H groups in total. The predicted molar refractivity (Wildman–Crippen MR) is 91.7 cm³/mol. The van der Waals surface area contributed by atoms with Crippen LogP contribution in [0.25, 0.3) is 0 Å². The van der Waals surface area contributed by atoms with Gasteiger partial charge in [0, 0.05) is 5.69 Å². The topological polar surface area (TPSA) is 70.8 Å². The largest absolute Gasteiger partial charge is 0.495 e. The van der Waals surface area contributed by atoms with Crippen LogP contribution in [0.1, 0.15) is 58.8 Å². The molecule has 1 heterocycles. The minimum Gasteiger partial charge on any atom is -0.456 e. The Bertz CT molecular complexity index is 604. The summed E-state index contributed by atoms with van der Waals surface area (Å²) in [6.45, 7) is 13.3. The van der Waals surface area contributed by atoms with Crippen molar-refractivity contribution in [3.8, 4) is 0 Å². The first-order valence-corrected chi connectivity index (χ1v) is 7.81. The van der Waals surface area contributed by atoms with E-state index in [0.29, 0.717) is 16.7 Å². The lowest BCUT2D eigenvalue weighted by Crippen LogP contribution is -2.41. The first-order valence-electron chi connectivity index (χ1n) is 7.81. The predicted octanol–water partition coefficient (Wildman–Crippen LogP) is 2.52. The standard InChI is InChI=1S/C17H26BNO4/c1-15(2,3)21-14(20)13-11(9-8-10-12(13)19)18-22-16(4,5)17(6,7)23-18/h8-10H,19H2,1-7H3. The summed E-state index contributed by atoms with van der Waals surface area (Å²) in [6.07, 6.45) is 0. The van der Waals surface area contributed by atoms with Crippen LogP contribution in [-0.4, -0.2) is 29.9 Å². The smallest absolute Gasteiger partial charge is 0.456 e. The molecule has 2 rings (SSSR count). The second kappa shape index (κ2) is 5.53. The summed E-state index contributed by atoms with van der Waals surface area (Å²) >= 11 is 0. The molecule has 1 aliphatic rings. The van der Waals surface area contributed by atoms with Crippen molar-refractivity contribution >= 4 is 24.2 Å². The third-order valence-corrected chi connectivity index (χ3v) is 4.24. The molecule has 1 aromatic carbocycles. The Morgan fingerprint density at radius 3 is 2.13 bits per heavy atom. The number of carbonyl (C=O) groups is 1. The minimum atomic E-state index is -0.661. The van der Waals surface area contributed by atoms with Crippen LogP contribution in [0, 0.1) is 0 Å². The van der Waals surface area contributed by atoms with E-state index in [0.717, 1.165) is 0 Å². The summed E-state index contributed by atoms with van der Waals surface area (Å²) < 4.78 is 17.6. The lowest BCUT2D eigenvalue weighted by molar-refractivity contribution is 0.00578. The fourth-order valence-corrected chi connectivity index (χ4v) is 2.32. The molecule has 0 amide bonds. The van der Waals surface area contributed by atoms with Crippen LogP contribution in [0.5, 0.6) is 0 Å². The molecule has 0 spiro atoms. The van der Waals surface area contributed by atoms with Crippen LogP contribution in [0.15, 0.2) is 18.2 Å². The van der Waals surface area contributed by atoms with Gasteiger partial charge >= 0.3 is 13.1 Å². The number of benzene rings is 1. The lowest BCUT2D eigenvalue weighted by Gasteiger charge is -2.32. The molecular formula is C17H26BNO4. The summed E-state index contributed by atoms with van der Waals surface area (Å²) in [5.41, 5.74) is 5.70. The number of esters is 1. The third-order valence-electron chi connectivity index (χ3n) is 4.24. The highest BCUT2D eigenvalue weighted by Gasteiger charge is 2.52. The van der Waals surface area contributed by atoms with Gasteiger partial charge in [-0.25, -0.2) is 4.79 Å². The summed E-state index contributed by atoms with van der Waals surface area (Å²) in [4.78, 5) is 12.6. The molecule has 0 unspecified atom stereocenters. The number of hydrogen-bond donors (Lipinski definition) is 1. The number of carbonyl (C=O) groups excluding carboxylic acids is 1. The van der Waals surface area contributed by atoms with Gasteiger partial charge in [-0.05, 0) is 60.0 Å². The first-order chi connectivity index (χ1) is 10.3. The maximum Gasteiger partial charge on any atom is 0.495 e. The number of nitrogen functional groups attached to an aromatic ring is 1. The van der Waals surface area contributed by atoms with Crippen LogP contribution in [-0.2, 0) is 14.0 Å². The third kappa shape index (κ3) is 3.53. The molecule has 1 aromatic rings.